The summed E-state index contributed by atoms with van der Waals surface area (Å²) in [6.45, 7) is 20.0. The summed E-state index contributed by atoms with van der Waals surface area (Å²) in [6.07, 6.45) is 11.5. The highest BCUT2D eigenvalue weighted by Crippen LogP contribution is 2.87. The van der Waals surface area contributed by atoms with E-state index in [1.54, 1.807) is 0 Å². The maximum absolute atomic E-state index is 11.6. The van der Waals surface area contributed by atoms with Gasteiger partial charge in [0.05, 0.1) is 6.10 Å². The molecule has 0 saturated heterocycles. The van der Waals surface area contributed by atoms with Gasteiger partial charge in [-0.25, -0.2) is 0 Å². The normalized spacial score (nSPS) is 45.3. The number of fused-ring (bicyclic) bond motifs is 2. The highest BCUT2D eigenvalue weighted by Gasteiger charge is 2.80. The van der Waals surface area contributed by atoms with Crippen LogP contribution in [0.2, 0.25) is 0 Å². The molecule has 0 aromatic rings. The number of hydrogen-bond donors (Lipinski definition) is 2. The van der Waals surface area contributed by atoms with Crippen molar-refractivity contribution in [2.24, 2.45) is 45.3 Å². The first-order chi connectivity index (χ1) is 15.3. The van der Waals surface area contributed by atoms with Crippen LogP contribution >= 0.6 is 0 Å². The topological polar surface area (TPSA) is 57.5 Å². The third-order valence-corrected chi connectivity index (χ3v) is 12.1. The molecule has 33 heavy (non-hydrogen) atoms. The lowest BCUT2D eigenvalue weighted by Crippen LogP contribution is -2.54. The van der Waals surface area contributed by atoms with Crippen LogP contribution in [0.1, 0.15) is 105 Å². The molecule has 0 unspecified atom stereocenters. The molecule has 4 aliphatic rings. The Morgan fingerprint density at radius 2 is 1.73 bits per heavy atom. The van der Waals surface area contributed by atoms with Crippen molar-refractivity contribution in [3.8, 4) is 0 Å². The van der Waals surface area contributed by atoms with Crippen LogP contribution in [0.5, 0.6) is 0 Å². The molecule has 4 saturated carbocycles. The van der Waals surface area contributed by atoms with E-state index in [4.69, 9.17) is 0 Å². The smallest absolute Gasteiger partial charge is 0.303 e. The Balaban J connectivity index is 1.58. The molecule has 0 aromatic carbocycles. The quantitative estimate of drug-likeness (QED) is 0.355. The second kappa shape index (κ2) is 8.25. The van der Waals surface area contributed by atoms with Crippen LogP contribution in [-0.2, 0) is 4.79 Å². The van der Waals surface area contributed by atoms with Crippen LogP contribution in [0.4, 0.5) is 0 Å². The highest BCUT2D eigenvalue weighted by molar-refractivity contribution is 5.67. The lowest BCUT2D eigenvalue weighted by molar-refractivity contribution is -0.139. The predicted octanol–water partition coefficient (Wildman–Crippen LogP) is 7.40. The minimum atomic E-state index is -0.646. The Kier molecular flexibility index (Phi) is 6.25. The molecule has 4 rings (SSSR count). The van der Waals surface area contributed by atoms with E-state index in [0.717, 1.165) is 24.8 Å². The van der Waals surface area contributed by atoms with Crippen LogP contribution < -0.4 is 0 Å². The summed E-state index contributed by atoms with van der Waals surface area (Å²) >= 11 is 0. The van der Waals surface area contributed by atoms with Gasteiger partial charge in [0.2, 0.25) is 0 Å². The van der Waals surface area contributed by atoms with Gasteiger partial charge in [-0.1, -0.05) is 45.1 Å². The summed E-state index contributed by atoms with van der Waals surface area (Å²) in [7, 11) is 0. The van der Waals surface area contributed by atoms with Crippen LogP contribution in [0, 0.1) is 45.3 Å². The van der Waals surface area contributed by atoms with Crippen molar-refractivity contribution in [2.75, 3.05) is 0 Å². The summed E-state index contributed by atoms with van der Waals surface area (Å²) in [5.74, 6) is 1.89. The first kappa shape index (κ1) is 25.0. The maximum Gasteiger partial charge on any atom is 0.303 e. The second-order valence-corrected chi connectivity index (χ2v) is 13.3. The van der Waals surface area contributed by atoms with E-state index < -0.39 is 5.97 Å². The zero-order valence-electron chi connectivity index (χ0n) is 21.9. The minimum absolute atomic E-state index is 0.180. The number of carbonyl (C=O) groups is 1. The van der Waals surface area contributed by atoms with E-state index >= 15 is 0 Å². The summed E-state index contributed by atoms with van der Waals surface area (Å²) < 4.78 is 0. The Bertz CT molecular complexity index is 830. The van der Waals surface area contributed by atoms with Gasteiger partial charge < -0.3 is 10.2 Å². The zero-order chi connectivity index (χ0) is 24.4. The van der Waals surface area contributed by atoms with Crippen LogP contribution in [0.25, 0.3) is 0 Å². The molecule has 0 bridgehead atoms. The maximum atomic E-state index is 11.6. The summed E-state index contributed by atoms with van der Waals surface area (Å²) in [5.41, 5.74) is 3.36. The lowest BCUT2D eigenvalue weighted by Gasteiger charge is -2.61. The monoisotopic (exact) mass is 456 g/mol. The molecule has 3 heteroatoms. The first-order valence-corrected chi connectivity index (χ1v) is 13.6. The molecular weight excluding hydrogens is 408 g/mol. The molecule has 3 nitrogen and oxygen atoms in total. The molecule has 0 heterocycles. The van der Waals surface area contributed by atoms with Gasteiger partial charge >= 0.3 is 5.97 Å². The van der Waals surface area contributed by atoms with Gasteiger partial charge in [0.15, 0.2) is 0 Å². The van der Waals surface area contributed by atoms with E-state index in [1.807, 2.05) is 6.92 Å². The number of aliphatic hydroxyl groups is 1. The molecule has 2 N–H and O–H groups in total. The number of hydrogen-bond acceptors (Lipinski definition) is 2. The molecule has 4 aliphatic carbocycles. The van der Waals surface area contributed by atoms with Gasteiger partial charge in [-0.2, -0.15) is 0 Å². The number of aliphatic hydroxyl groups excluding tert-OH is 1. The number of rotatable bonds is 9. The fraction of sp³-hybridized carbons (Fsp3) is 0.833. The van der Waals surface area contributed by atoms with E-state index in [2.05, 4.69) is 40.9 Å². The minimum Gasteiger partial charge on any atom is -0.481 e. The van der Waals surface area contributed by atoms with Gasteiger partial charge in [-0.3, -0.25) is 4.79 Å². The van der Waals surface area contributed by atoms with Gasteiger partial charge in [-0.05, 0) is 123 Å². The fourth-order valence-electron chi connectivity index (χ4n) is 10.1. The van der Waals surface area contributed by atoms with Crippen LogP contribution in [0.15, 0.2) is 24.3 Å². The summed E-state index contributed by atoms with van der Waals surface area (Å²) in [4.78, 5) is 11.6. The number of carboxylic acids is 1. The largest absolute Gasteiger partial charge is 0.481 e. The second-order valence-electron chi connectivity index (χ2n) is 13.3. The zero-order valence-corrected chi connectivity index (χ0v) is 21.9. The van der Waals surface area contributed by atoms with Crippen molar-refractivity contribution in [1.29, 1.82) is 0 Å². The van der Waals surface area contributed by atoms with Gasteiger partial charge in [0, 0.05) is 6.42 Å². The van der Waals surface area contributed by atoms with Crippen molar-refractivity contribution in [3.05, 3.63) is 24.3 Å². The van der Waals surface area contributed by atoms with E-state index in [-0.39, 0.29) is 11.5 Å². The third kappa shape index (κ3) is 3.50. The predicted molar refractivity (Wildman–Crippen MR) is 135 cm³/mol. The standard InChI is InChI=1S/C30H48O3/c1-19(2)22-9-11-25-28(7)14-12-23(21(5)8-10-24(31)20(3)4)27(28,6)16-17-30(25)18-29(22,30)15-13-26(32)33/h21-25,31H,1,3,8-18H2,2,4-7H3,(H,32,33)/t21-,22+,23-,24-,25+,27-,28+,29-,30+/m1/s1. The Labute approximate surface area is 202 Å². The molecule has 4 fully saturated rings. The van der Waals surface area contributed by atoms with Crippen LogP contribution in [-0.4, -0.2) is 22.3 Å². The van der Waals surface area contributed by atoms with Crippen molar-refractivity contribution in [3.63, 3.8) is 0 Å². The van der Waals surface area contributed by atoms with Crippen molar-refractivity contribution in [1.82, 2.24) is 0 Å². The van der Waals surface area contributed by atoms with Crippen molar-refractivity contribution >= 4 is 5.97 Å². The number of allylic oxidation sites excluding steroid dienone is 1. The average Bonchev–Trinajstić information content (AvgIpc) is 3.33. The van der Waals surface area contributed by atoms with Crippen molar-refractivity contribution in [2.45, 2.75) is 111 Å². The van der Waals surface area contributed by atoms with E-state index in [9.17, 15) is 15.0 Å². The summed E-state index contributed by atoms with van der Waals surface area (Å²) in [6, 6.07) is 0. The van der Waals surface area contributed by atoms with Gasteiger partial charge in [0.1, 0.15) is 0 Å². The van der Waals surface area contributed by atoms with E-state index in [0.29, 0.717) is 46.3 Å². The molecule has 0 radical (unpaired) electrons. The van der Waals surface area contributed by atoms with Gasteiger partial charge in [0.25, 0.3) is 0 Å². The lowest BCUT2D eigenvalue weighted by atomic mass is 9.43. The van der Waals surface area contributed by atoms with Crippen LogP contribution in [0.3, 0.4) is 0 Å². The molecule has 9 atom stereocenters. The highest BCUT2D eigenvalue weighted by atomic mass is 16.4. The molecular formula is C30H48O3. The molecule has 0 aliphatic heterocycles. The molecule has 0 aromatic heterocycles. The fourth-order valence-corrected chi connectivity index (χ4v) is 10.1. The SMILES string of the molecule is C=C(C)[C@H](O)CC[C@@H](C)[C@H]1CC[C@@]2(C)[C@@H]3CC[C@@H](C(=C)C)[C@@]4(CCC(=O)O)C[C@@]34CC[C@]12C. The Morgan fingerprint density at radius 3 is 2.33 bits per heavy atom. The number of carboxylic acid groups (broad SMARTS) is 1. The Hall–Kier alpha value is -1.09. The average molecular weight is 457 g/mol. The van der Waals surface area contributed by atoms with E-state index in [1.165, 1.54) is 50.5 Å². The summed E-state index contributed by atoms with van der Waals surface area (Å²) in [5, 5.41) is 19.8. The number of aliphatic carboxylic acids is 1. The molecule has 1 spiro atoms. The third-order valence-electron chi connectivity index (χ3n) is 12.1. The first-order valence-electron chi connectivity index (χ1n) is 13.6. The Morgan fingerprint density at radius 1 is 1.03 bits per heavy atom. The molecule has 0 amide bonds. The molecule has 186 valence electrons. The van der Waals surface area contributed by atoms with Crippen molar-refractivity contribution < 1.29 is 15.0 Å². The van der Waals surface area contributed by atoms with Gasteiger partial charge in [-0.15, -0.1) is 0 Å².